The molecule has 1 aromatic rings. The molecule has 0 heterocycles. The Labute approximate surface area is 108 Å². The molecule has 1 aromatic carbocycles. The molecule has 0 atom stereocenters. The van der Waals surface area contributed by atoms with Crippen molar-refractivity contribution in [3.8, 4) is 5.75 Å². The van der Waals surface area contributed by atoms with Gasteiger partial charge in [0.2, 0.25) is 10.0 Å². The zero-order chi connectivity index (χ0) is 13.2. The van der Waals surface area contributed by atoms with Gasteiger partial charge in [-0.15, -0.1) is 0 Å². The third kappa shape index (κ3) is 3.23. The first-order chi connectivity index (χ1) is 8.47. The van der Waals surface area contributed by atoms with Crippen LogP contribution in [0.5, 0.6) is 5.75 Å². The van der Waals surface area contributed by atoms with Gasteiger partial charge >= 0.3 is 0 Å². The first-order valence-corrected chi connectivity index (χ1v) is 7.86. The van der Waals surface area contributed by atoms with E-state index in [2.05, 4.69) is 0 Å². The van der Waals surface area contributed by atoms with Crippen LogP contribution in [0, 0.1) is 5.92 Å². The normalized spacial score (nSPS) is 17.8. The lowest BCUT2D eigenvalue weighted by molar-refractivity contribution is 0.351. The summed E-state index contributed by atoms with van der Waals surface area (Å²) in [5.41, 5.74) is 0.688. The summed E-state index contributed by atoms with van der Waals surface area (Å²) in [4.78, 5) is 0.0751. The van der Waals surface area contributed by atoms with E-state index in [4.69, 9.17) is 5.14 Å². The van der Waals surface area contributed by atoms with E-state index in [1.807, 2.05) is 0 Å². The van der Waals surface area contributed by atoms with Gasteiger partial charge in [0.05, 0.1) is 4.90 Å². The van der Waals surface area contributed by atoms with Crippen LogP contribution < -0.4 is 5.14 Å². The molecule has 1 aliphatic carbocycles. The Bertz CT molecular complexity index is 519. The number of phenols is 1. The van der Waals surface area contributed by atoms with Gasteiger partial charge in [0.25, 0.3) is 0 Å². The van der Waals surface area contributed by atoms with Crippen LogP contribution in [0.25, 0.3) is 0 Å². The molecule has 100 valence electrons. The molecule has 2 rings (SSSR count). The molecule has 4 nitrogen and oxygen atoms in total. The third-order valence-electron chi connectivity index (χ3n) is 3.61. The van der Waals surface area contributed by atoms with Crippen LogP contribution in [0.4, 0.5) is 0 Å². The number of phenolic OH excluding ortho intramolecular Hbond substituents is 1. The molecule has 0 bridgehead atoms. The zero-order valence-electron chi connectivity index (χ0n) is 10.3. The molecule has 0 radical (unpaired) electrons. The number of nitrogens with two attached hydrogens (primary N) is 1. The van der Waals surface area contributed by atoms with E-state index in [-0.39, 0.29) is 10.6 Å². The first kappa shape index (κ1) is 13.4. The molecular formula is C13H19NO3S. The quantitative estimate of drug-likeness (QED) is 0.882. The predicted octanol–water partition coefficient (Wildman–Crippen LogP) is 2.16. The van der Waals surface area contributed by atoms with E-state index in [9.17, 15) is 13.5 Å². The van der Waals surface area contributed by atoms with Crippen molar-refractivity contribution in [1.82, 2.24) is 0 Å². The first-order valence-electron chi connectivity index (χ1n) is 6.31. The number of benzene rings is 1. The fraction of sp³-hybridized carbons (Fsp3) is 0.538. The van der Waals surface area contributed by atoms with Crippen molar-refractivity contribution in [2.45, 2.75) is 43.4 Å². The summed E-state index contributed by atoms with van der Waals surface area (Å²) in [6, 6.07) is 4.26. The van der Waals surface area contributed by atoms with Crippen molar-refractivity contribution < 1.29 is 13.5 Å². The molecule has 3 N–H and O–H groups in total. The Morgan fingerprint density at radius 1 is 1.22 bits per heavy atom. The summed E-state index contributed by atoms with van der Waals surface area (Å²) in [7, 11) is -3.69. The molecule has 0 unspecified atom stereocenters. The Hall–Kier alpha value is -1.07. The number of primary sulfonamides is 1. The maximum absolute atomic E-state index is 11.3. The number of hydrogen-bond acceptors (Lipinski definition) is 3. The van der Waals surface area contributed by atoms with Crippen molar-refractivity contribution in [2.24, 2.45) is 11.1 Å². The van der Waals surface area contributed by atoms with Crippen LogP contribution in [0.1, 0.15) is 37.7 Å². The van der Waals surface area contributed by atoms with E-state index in [0.29, 0.717) is 11.5 Å². The van der Waals surface area contributed by atoms with E-state index in [1.165, 1.54) is 37.5 Å². The summed E-state index contributed by atoms with van der Waals surface area (Å²) in [5.74, 6) is 0.702. The lowest BCUT2D eigenvalue weighted by Crippen LogP contribution is -2.13. The van der Waals surface area contributed by atoms with Gasteiger partial charge in [-0.3, -0.25) is 0 Å². The maximum atomic E-state index is 11.3. The van der Waals surface area contributed by atoms with Crippen molar-refractivity contribution >= 4 is 10.0 Å². The minimum Gasteiger partial charge on any atom is -0.508 e. The van der Waals surface area contributed by atoms with Gasteiger partial charge in [0.1, 0.15) is 5.75 Å². The molecule has 5 heteroatoms. The minimum absolute atomic E-state index is 0.0751. The Morgan fingerprint density at radius 2 is 1.89 bits per heavy atom. The fourth-order valence-corrected chi connectivity index (χ4v) is 3.17. The van der Waals surface area contributed by atoms with E-state index in [1.54, 1.807) is 0 Å². The SMILES string of the molecule is NS(=O)(=O)c1ccc(O)c(CC2CCCCC2)c1. The molecule has 18 heavy (non-hydrogen) atoms. The highest BCUT2D eigenvalue weighted by Crippen LogP contribution is 2.30. The lowest BCUT2D eigenvalue weighted by atomic mass is 9.85. The second-order valence-electron chi connectivity index (χ2n) is 5.04. The predicted molar refractivity (Wildman–Crippen MR) is 69.8 cm³/mol. The summed E-state index contributed by atoms with van der Waals surface area (Å²) in [5, 5.41) is 14.9. The standard InChI is InChI=1S/C13H19NO3S/c14-18(16,17)12-6-7-13(15)11(9-12)8-10-4-2-1-3-5-10/h6-7,9-10,15H,1-5,8H2,(H2,14,16,17). The second-order valence-corrected chi connectivity index (χ2v) is 6.61. The van der Waals surface area contributed by atoms with E-state index >= 15 is 0 Å². The highest BCUT2D eigenvalue weighted by molar-refractivity contribution is 7.89. The summed E-state index contributed by atoms with van der Waals surface area (Å²) >= 11 is 0. The number of rotatable bonds is 3. The molecular weight excluding hydrogens is 250 g/mol. The van der Waals surface area contributed by atoms with Crippen molar-refractivity contribution in [1.29, 1.82) is 0 Å². The second kappa shape index (κ2) is 5.28. The lowest BCUT2D eigenvalue weighted by Gasteiger charge is -2.22. The average Bonchev–Trinajstić information content (AvgIpc) is 2.32. The van der Waals surface area contributed by atoms with E-state index < -0.39 is 10.0 Å². The average molecular weight is 269 g/mol. The number of aromatic hydroxyl groups is 1. The molecule has 1 saturated carbocycles. The molecule has 0 spiro atoms. The van der Waals surface area contributed by atoms with Gasteiger partial charge in [-0.05, 0) is 36.1 Å². The fourth-order valence-electron chi connectivity index (χ4n) is 2.60. The van der Waals surface area contributed by atoms with Gasteiger partial charge in [-0.1, -0.05) is 32.1 Å². The van der Waals surface area contributed by atoms with Crippen molar-refractivity contribution in [2.75, 3.05) is 0 Å². The largest absolute Gasteiger partial charge is 0.508 e. The van der Waals surface area contributed by atoms with Crippen molar-refractivity contribution in [3.63, 3.8) is 0 Å². The molecule has 0 amide bonds. The third-order valence-corrected chi connectivity index (χ3v) is 4.52. The van der Waals surface area contributed by atoms with E-state index in [0.717, 1.165) is 19.3 Å². The van der Waals surface area contributed by atoms with Crippen LogP contribution in [0.15, 0.2) is 23.1 Å². The van der Waals surface area contributed by atoms with Crippen molar-refractivity contribution in [3.05, 3.63) is 23.8 Å². The molecule has 1 fully saturated rings. The Balaban J connectivity index is 2.21. The topological polar surface area (TPSA) is 80.4 Å². The van der Waals surface area contributed by atoms with Crippen LogP contribution in [-0.4, -0.2) is 13.5 Å². The summed E-state index contributed by atoms with van der Waals surface area (Å²) in [6.45, 7) is 0. The van der Waals surface area contributed by atoms with Gasteiger partial charge in [-0.2, -0.15) is 0 Å². The summed E-state index contributed by atoms with van der Waals surface area (Å²) < 4.78 is 22.6. The smallest absolute Gasteiger partial charge is 0.238 e. The Kier molecular flexibility index (Phi) is 3.92. The van der Waals surface area contributed by atoms with Crippen LogP contribution >= 0.6 is 0 Å². The van der Waals surface area contributed by atoms with Crippen LogP contribution in [-0.2, 0) is 16.4 Å². The van der Waals surface area contributed by atoms with Gasteiger partial charge in [-0.25, -0.2) is 13.6 Å². The molecule has 0 aliphatic heterocycles. The highest BCUT2D eigenvalue weighted by Gasteiger charge is 2.17. The summed E-state index contributed by atoms with van der Waals surface area (Å²) in [6.07, 6.45) is 6.76. The Morgan fingerprint density at radius 3 is 2.50 bits per heavy atom. The minimum atomic E-state index is -3.69. The molecule has 0 saturated heterocycles. The zero-order valence-corrected chi connectivity index (χ0v) is 11.1. The number of sulfonamides is 1. The molecule has 1 aliphatic rings. The highest BCUT2D eigenvalue weighted by atomic mass is 32.2. The van der Waals surface area contributed by atoms with Gasteiger partial charge in [0, 0.05) is 0 Å². The number of hydrogen-bond donors (Lipinski definition) is 2. The van der Waals surface area contributed by atoms with Gasteiger partial charge in [0.15, 0.2) is 0 Å². The van der Waals surface area contributed by atoms with Crippen LogP contribution in [0.3, 0.4) is 0 Å². The molecule has 0 aromatic heterocycles. The van der Waals surface area contributed by atoms with Gasteiger partial charge < -0.3 is 5.11 Å². The maximum Gasteiger partial charge on any atom is 0.238 e. The monoisotopic (exact) mass is 269 g/mol. The van der Waals surface area contributed by atoms with Crippen LogP contribution in [0.2, 0.25) is 0 Å².